The van der Waals surface area contributed by atoms with Gasteiger partial charge in [0.15, 0.2) is 5.82 Å². The standard InChI is InChI=1S/C12H18N4O/c13-10-1-2-11-9(7-10)8-12(15-14-11)16-3-5-17-6-4-16/h8,10H,1-7,13H2/t10-/m0/s1. The van der Waals surface area contributed by atoms with Crippen LogP contribution in [-0.4, -0.2) is 42.5 Å². The fourth-order valence-corrected chi connectivity index (χ4v) is 2.48. The van der Waals surface area contributed by atoms with Gasteiger partial charge in [-0.15, -0.1) is 5.10 Å². The van der Waals surface area contributed by atoms with Gasteiger partial charge in [0, 0.05) is 19.1 Å². The summed E-state index contributed by atoms with van der Waals surface area (Å²) in [6.45, 7) is 3.36. The minimum absolute atomic E-state index is 0.282. The summed E-state index contributed by atoms with van der Waals surface area (Å²) in [7, 11) is 0. The predicted molar refractivity (Wildman–Crippen MR) is 65.1 cm³/mol. The van der Waals surface area contributed by atoms with Gasteiger partial charge in [-0.05, 0) is 30.9 Å². The molecule has 1 aromatic rings. The second-order valence-corrected chi connectivity index (χ2v) is 4.78. The minimum Gasteiger partial charge on any atom is -0.378 e. The molecule has 3 rings (SSSR count). The number of anilines is 1. The highest BCUT2D eigenvalue weighted by Gasteiger charge is 2.20. The number of ether oxygens (including phenoxy) is 1. The summed E-state index contributed by atoms with van der Waals surface area (Å²) in [6.07, 6.45) is 2.92. The van der Waals surface area contributed by atoms with Crippen LogP contribution in [0.5, 0.6) is 0 Å². The minimum atomic E-state index is 0.282. The molecule has 0 aromatic carbocycles. The number of fused-ring (bicyclic) bond motifs is 1. The maximum atomic E-state index is 6.00. The maximum absolute atomic E-state index is 6.00. The van der Waals surface area contributed by atoms with Crippen molar-refractivity contribution in [2.75, 3.05) is 31.2 Å². The van der Waals surface area contributed by atoms with E-state index < -0.39 is 0 Å². The molecule has 1 atom stereocenters. The van der Waals surface area contributed by atoms with Crippen molar-refractivity contribution in [1.29, 1.82) is 0 Å². The molecule has 0 bridgehead atoms. The van der Waals surface area contributed by atoms with E-state index in [2.05, 4.69) is 21.2 Å². The molecular weight excluding hydrogens is 216 g/mol. The lowest BCUT2D eigenvalue weighted by Crippen LogP contribution is -2.37. The lowest BCUT2D eigenvalue weighted by molar-refractivity contribution is 0.122. The maximum Gasteiger partial charge on any atom is 0.151 e. The van der Waals surface area contributed by atoms with Crippen molar-refractivity contribution in [3.63, 3.8) is 0 Å². The summed E-state index contributed by atoms with van der Waals surface area (Å²) in [6, 6.07) is 2.44. The van der Waals surface area contributed by atoms with Crippen LogP contribution in [0.1, 0.15) is 17.7 Å². The fraction of sp³-hybridized carbons (Fsp3) is 0.667. The van der Waals surface area contributed by atoms with Crippen LogP contribution in [0.3, 0.4) is 0 Å². The van der Waals surface area contributed by atoms with Crippen molar-refractivity contribution in [3.05, 3.63) is 17.3 Å². The van der Waals surface area contributed by atoms with Gasteiger partial charge in [-0.1, -0.05) is 0 Å². The van der Waals surface area contributed by atoms with Gasteiger partial charge in [-0.25, -0.2) is 0 Å². The number of hydrogen-bond donors (Lipinski definition) is 1. The van der Waals surface area contributed by atoms with E-state index in [0.29, 0.717) is 0 Å². The van der Waals surface area contributed by atoms with Gasteiger partial charge in [0.25, 0.3) is 0 Å². The van der Waals surface area contributed by atoms with E-state index in [4.69, 9.17) is 10.5 Å². The Bertz CT molecular complexity index is 403. The monoisotopic (exact) mass is 234 g/mol. The Labute approximate surface area is 101 Å². The Balaban J connectivity index is 1.84. The Kier molecular flexibility index (Phi) is 2.94. The lowest BCUT2D eigenvalue weighted by atomic mass is 9.93. The molecule has 1 aliphatic heterocycles. The van der Waals surface area contributed by atoms with Gasteiger partial charge >= 0.3 is 0 Å². The molecule has 0 amide bonds. The first-order valence-corrected chi connectivity index (χ1v) is 6.26. The van der Waals surface area contributed by atoms with Crippen molar-refractivity contribution in [2.45, 2.75) is 25.3 Å². The average molecular weight is 234 g/mol. The predicted octanol–water partition coefficient (Wildman–Crippen LogP) is 0.129. The number of rotatable bonds is 1. The smallest absolute Gasteiger partial charge is 0.151 e. The number of aromatic nitrogens is 2. The van der Waals surface area contributed by atoms with Gasteiger partial charge in [0.05, 0.1) is 18.9 Å². The second-order valence-electron chi connectivity index (χ2n) is 4.78. The zero-order chi connectivity index (χ0) is 11.7. The van der Waals surface area contributed by atoms with E-state index in [1.165, 1.54) is 5.56 Å². The number of nitrogens with two attached hydrogens (primary N) is 1. The summed E-state index contributed by atoms with van der Waals surface area (Å²) in [5.74, 6) is 0.973. The molecule has 0 saturated carbocycles. The molecule has 92 valence electrons. The Morgan fingerprint density at radius 3 is 2.94 bits per heavy atom. The third-order valence-electron chi connectivity index (χ3n) is 3.52. The van der Waals surface area contributed by atoms with Gasteiger partial charge in [-0.2, -0.15) is 5.10 Å². The molecule has 5 heteroatoms. The van der Waals surface area contributed by atoms with Gasteiger partial charge in [-0.3, -0.25) is 0 Å². The Morgan fingerprint density at radius 1 is 1.29 bits per heavy atom. The number of morpholine rings is 1. The molecule has 1 aromatic heterocycles. The summed E-state index contributed by atoms with van der Waals surface area (Å²) < 4.78 is 5.34. The van der Waals surface area contributed by atoms with Crippen LogP contribution in [0, 0.1) is 0 Å². The molecule has 2 heterocycles. The van der Waals surface area contributed by atoms with E-state index in [9.17, 15) is 0 Å². The van der Waals surface area contributed by atoms with Crippen molar-refractivity contribution in [3.8, 4) is 0 Å². The third-order valence-corrected chi connectivity index (χ3v) is 3.52. The van der Waals surface area contributed by atoms with Crippen molar-refractivity contribution in [2.24, 2.45) is 5.73 Å². The molecule has 5 nitrogen and oxygen atoms in total. The fourth-order valence-electron chi connectivity index (χ4n) is 2.48. The molecule has 1 aliphatic carbocycles. The molecule has 17 heavy (non-hydrogen) atoms. The molecular formula is C12H18N4O. The van der Waals surface area contributed by atoms with Crippen LogP contribution in [0.4, 0.5) is 5.82 Å². The number of nitrogens with zero attached hydrogens (tertiary/aromatic N) is 3. The SMILES string of the molecule is N[C@H]1CCc2nnc(N3CCOCC3)cc2C1. The summed E-state index contributed by atoms with van der Waals surface area (Å²) in [5.41, 5.74) is 8.40. The molecule has 0 radical (unpaired) electrons. The van der Waals surface area contributed by atoms with E-state index in [-0.39, 0.29) is 6.04 Å². The molecule has 0 unspecified atom stereocenters. The zero-order valence-electron chi connectivity index (χ0n) is 9.93. The van der Waals surface area contributed by atoms with Crippen molar-refractivity contribution >= 4 is 5.82 Å². The normalized spacial score (nSPS) is 24.5. The number of aryl methyl sites for hydroxylation is 1. The third kappa shape index (κ3) is 2.25. The summed E-state index contributed by atoms with van der Waals surface area (Å²) in [5, 5.41) is 8.66. The van der Waals surface area contributed by atoms with Gasteiger partial charge in [0.2, 0.25) is 0 Å². The Morgan fingerprint density at radius 2 is 2.12 bits per heavy atom. The van der Waals surface area contributed by atoms with Crippen molar-refractivity contribution in [1.82, 2.24) is 10.2 Å². The van der Waals surface area contributed by atoms with Crippen LogP contribution >= 0.6 is 0 Å². The van der Waals surface area contributed by atoms with E-state index in [0.717, 1.165) is 57.1 Å². The van der Waals surface area contributed by atoms with E-state index in [1.54, 1.807) is 0 Å². The molecule has 0 spiro atoms. The second kappa shape index (κ2) is 4.58. The lowest BCUT2D eigenvalue weighted by Gasteiger charge is -2.28. The highest BCUT2D eigenvalue weighted by molar-refractivity contribution is 5.42. The topological polar surface area (TPSA) is 64.3 Å². The van der Waals surface area contributed by atoms with Gasteiger partial charge < -0.3 is 15.4 Å². The summed E-state index contributed by atoms with van der Waals surface area (Å²) >= 11 is 0. The van der Waals surface area contributed by atoms with Crippen molar-refractivity contribution < 1.29 is 4.74 Å². The quantitative estimate of drug-likeness (QED) is 0.748. The van der Waals surface area contributed by atoms with Crippen LogP contribution in [0.15, 0.2) is 6.07 Å². The summed E-state index contributed by atoms with van der Waals surface area (Å²) in [4.78, 5) is 2.23. The van der Waals surface area contributed by atoms with Crippen LogP contribution in [-0.2, 0) is 17.6 Å². The first-order valence-electron chi connectivity index (χ1n) is 6.26. The molecule has 2 aliphatic rings. The first-order chi connectivity index (χ1) is 8.33. The highest BCUT2D eigenvalue weighted by atomic mass is 16.5. The molecule has 1 fully saturated rings. The van der Waals surface area contributed by atoms with Crippen LogP contribution in [0.2, 0.25) is 0 Å². The number of hydrogen-bond acceptors (Lipinski definition) is 5. The highest BCUT2D eigenvalue weighted by Crippen LogP contribution is 2.22. The van der Waals surface area contributed by atoms with Crippen LogP contribution in [0.25, 0.3) is 0 Å². The van der Waals surface area contributed by atoms with Crippen LogP contribution < -0.4 is 10.6 Å². The van der Waals surface area contributed by atoms with E-state index >= 15 is 0 Å². The first kappa shape index (κ1) is 10.9. The average Bonchev–Trinajstić information content (AvgIpc) is 2.39. The molecule has 2 N–H and O–H groups in total. The molecule has 1 saturated heterocycles. The largest absolute Gasteiger partial charge is 0.378 e. The zero-order valence-corrected chi connectivity index (χ0v) is 9.93. The van der Waals surface area contributed by atoms with E-state index in [1.807, 2.05) is 0 Å². The Hall–Kier alpha value is -1.20. The van der Waals surface area contributed by atoms with Gasteiger partial charge in [0.1, 0.15) is 0 Å².